The van der Waals surface area contributed by atoms with Crippen LogP contribution in [0, 0.1) is 0 Å². The average Bonchev–Trinajstić information content (AvgIpc) is 2.53. The zero-order chi connectivity index (χ0) is 14.4. The van der Waals surface area contributed by atoms with Crippen LogP contribution < -0.4 is 0 Å². The number of ether oxygens (including phenoxy) is 1. The first-order valence-electron chi connectivity index (χ1n) is 6.65. The molecule has 2 nitrogen and oxygen atoms in total. The Labute approximate surface area is 119 Å². The molecule has 102 valence electrons. The molecule has 0 aromatic heterocycles. The Bertz CT molecular complexity index is 560. The van der Waals surface area contributed by atoms with Gasteiger partial charge < -0.3 is 4.74 Å². The summed E-state index contributed by atoms with van der Waals surface area (Å²) in [6.07, 6.45) is 0.886. The molecule has 0 saturated heterocycles. The summed E-state index contributed by atoms with van der Waals surface area (Å²) in [5, 5.41) is 0. The second kappa shape index (κ2) is 6.71. The molecule has 2 aromatic carbocycles. The van der Waals surface area contributed by atoms with Crippen LogP contribution in [0.25, 0.3) is 0 Å². The van der Waals surface area contributed by atoms with Gasteiger partial charge in [0.1, 0.15) is 6.10 Å². The number of hydrogen-bond donors (Lipinski definition) is 0. The summed E-state index contributed by atoms with van der Waals surface area (Å²) in [5.74, 6) is -0.330. The molecular weight excluding hydrogens is 248 g/mol. The van der Waals surface area contributed by atoms with Crippen molar-refractivity contribution in [2.24, 2.45) is 0 Å². The van der Waals surface area contributed by atoms with Crippen LogP contribution in [0.15, 0.2) is 73.3 Å². The fourth-order valence-electron chi connectivity index (χ4n) is 2.21. The normalized spacial score (nSPS) is 13.2. The van der Waals surface area contributed by atoms with E-state index in [9.17, 15) is 4.79 Å². The fraction of sp³-hybridized carbons (Fsp3) is 0.167. The van der Waals surface area contributed by atoms with E-state index in [4.69, 9.17) is 4.74 Å². The summed E-state index contributed by atoms with van der Waals surface area (Å²) < 4.78 is 5.54. The molecule has 2 aromatic rings. The largest absolute Gasteiger partial charge is 0.454 e. The Morgan fingerprint density at radius 1 is 1.00 bits per heavy atom. The summed E-state index contributed by atoms with van der Waals surface area (Å²) in [6.45, 7) is 5.52. The van der Waals surface area contributed by atoms with Crippen molar-refractivity contribution < 1.29 is 9.53 Å². The lowest BCUT2D eigenvalue weighted by Gasteiger charge is -2.24. The van der Waals surface area contributed by atoms with E-state index in [2.05, 4.69) is 13.5 Å². The van der Waals surface area contributed by atoms with Gasteiger partial charge in [0.2, 0.25) is 0 Å². The number of esters is 1. The summed E-state index contributed by atoms with van der Waals surface area (Å²) in [6, 6.07) is 19.8. The van der Waals surface area contributed by atoms with Crippen LogP contribution in [-0.2, 0) is 9.53 Å². The molecule has 0 bridgehead atoms. The second-order valence-electron chi connectivity index (χ2n) is 4.67. The summed E-state index contributed by atoms with van der Waals surface area (Å²) >= 11 is 0. The van der Waals surface area contributed by atoms with E-state index in [0.717, 1.165) is 11.1 Å². The van der Waals surface area contributed by atoms with Gasteiger partial charge in [-0.3, -0.25) is 0 Å². The summed E-state index contributed by atoms with van der Waals surface area (Å²) in [4.78, 5) is 11.6. The molecule has 0 N–H and O–H groups in total. The lowest BCUT2D eigenvalue weighted by atomic mass is 9.90. The van der Waals surface area contributed by atoms with E-state index in [1.54, 1.807) is 0 Å². The number of carbonyl (C=O) groups excluding carboxylic acids is 1. The van der Waals surface area contributed by atoms with Crippen molar-refractivity contribution in [3.05, 3.63) is 84.4 Å². The Morgan fingerprint density at radius 3 is 2.00 bits per heavy atom. The van der Waals surface area contributed by atoms with Gasteiger partial charge in [-0.05, 0) is 11.1 Å². The summed E-state index contributed by atoms with van der Waals surface area (Å²) in [5.41, 5.74) is 2.12. The Kier molecular flexibility index (Phi) is 4.72. The minimum absolute atomic E-state index is 0.0718. The van der Waals surface area contributed by atoms with Crippen LogP contribution in [0.3, 0.4) is 0 Å². The number of hydrogen-bond acceptors (Lipinski definition) is 2. The van der Waals surface area contributed by atoms with E-state index in [1.165, 1.54) is 6.08 Å². The van der Waals surface area contributed by atoms with Gasteiger partial charge in [0, 0.05) is 12.0 Å². The van der Waals surface area contributed by atoms with Gasteiger partial charge in [-0.15, -0.1) is 0 Å². The van der Waals surface area contributed by atoms with Gasteiger partial charge in [-0.1, -0.05) is 74.2 Å². The molecule has 2 atom stereocenters. The smallest absolute Gasteiger partial charge is 0.330 e. The molecule has 0 aliphatic heterocycles. The van der Waals surface area contributed by atoms with Crippen LogP contribution in [0.5, 0.6) is 0 Å². The molecule has 2 unspecified atom stereocenters. The third-order valence-electron chi connectivity index (χ3n) is 3.32. The third-order valence-corrected chi connectivity index (χ3v) is 3.32. The van der Waals surface area contributed by atoms with Crippen LogP contribution in [0.4, 0.5) is 0 Å². The number of benzene rings is 2. The lowest BCUT2D eigenvalue weighted by Crippen LogP contribution is -2.15. The van der Waals surface area contributed by atoms with E-state index in [0.29, 0.717) is 0 Å². The number of rotatable bonds is 5. The molecule has 0 heterocycles. The van der Waals surface area contributed by atoms with Crippen molar-refractivity contribution in [3.8, 4) is 0 Å². The molecule has 20 heavy (non-hydrogen) atoms. The van der Waals surface area contributed by atoms with Crippen molar-refractivity contribution >= 4 is 5.97 Å². The van der Waals surface area contributed by atoms with E-state index in [1.807, 2.05) is 60.7 Å². The molecule has 2 rings (SSSR count). The highest BCUT2D eigenvalue weighted by molar-refractivity contribution is 5.81. The Hall–Kier alpha value is -2.35. The summed E-state index contributed by atoms with van der Waals surface area (Å²) in [7, 11) is 0. The van der Waals surface area contributed by atoms with Gasteiger partial charge in [0.15, 0.2) is 0 Å². The first-order chi connectivity index (χ1) is 9.72. The molecule has 0 aliphatic carbocycles. The van der Waals surface area contributed by atoms with Crippen LogP contribution in [0.2, 0.25) is 0 Å². The highest BCUT2D eigenvalue weighted by Crippen LogP contribution is 2.33. The van der Waals surface area contributed by atoms with Crippen LogP contribution in [-0.4, -0.2) is 5.97 Å². The van der Waals surface area contributed by atoms with Gasteiger partial charge in [-0.25, -0.2) is 4.79 Å². The quantitative estimate of drug-likeness (QED) is 0.597. The highest BCUT2D eigenvalue weighted by atomic mass is 16.5. The average molecular weight is 266 g/mol. The molecular formula is C18H18O2. The Balaban J connectivity index is 2.31. The minimum Gasteiger partial charge on any atom is -0.454 e. The predicted octanol–water partition coefficient (Wildman–Crippen LogP) is 4.26. The first kappa shape index (κ1) is 14.1. The van der Waals surface area contributed by atoms with Gasteiger partial charge >= 0.3 is 5.97 Å². The number of carbonyl (C=O) groups is 1. The zero-order valence-corrected chi connectivity index (χ0v) is 11.5. The molecule has 0 amide bonds. The lowest BCUT2D eigenvalue weighted by molar-refractivity contribution is -0.144. The molecule has 0 spiro atoms. The highest BCUT2D eigenvalue weighted by Gasteiger charge is 2.23. The van der Waals surface area contributed by atoms with Crippen LogP contribution >= 0.6 is 0 Å². The fourth-order valence-corrected chi connectivity index (χ4v) is 2.21. The molecule has 0 radical (unpaired) electrons. The standard InChI is InChI=1S/C18H18O2/c1-3-17(19)20-18(16-12-8-5-9-13-16)14(2)15-10-6-4-7-11-15/h3-14,18H,1H2,2H3. The zero-order valence-electron chi connectivity index (χ0n) is 11.5. The minimum atomic E-state index is -0.401. The predicted molar refractivity (Wildman–Crippen MR) is 80.3 cm³/mol. The molecule has 0 saturated carbocycles. The van der Waals surface area contributed by atoms with Gasteiger partial charge in [0.25, 0.3) is 0 Å². The van der Waals surface area contributed by atoms with Crippen molar-refractivity contribution in [3.63, 3.8) is 0 Å². The molecule has 0 fully saturated rings. The van der Waals surface area contributed by atoms with Gasteiger partial charge in [0.05, 0.1) is 0 Å². The van der Waals surface area contributed by atoms with Gasteiger partial charge in [-0.2, -0.15) is 0 Å². The topological polar surface area (TPSA) is 26.3 Å². The van der Waals surface area contributed by atoms with Crippen molar-refractivity contribution in [2.75, 3.05) is 0 Å². The maximum absolute atomic E-state index is 11.6. The van der Waals surface area contributed by atoms with Crippen molar-refractivity contribution in [1.82, 2.24) is 0 Å². The maximum Gasteiger partial charge on any atom is 0.330 e. The molecule has 2 heteroatoms. The molecule has 0 aliphatic rings. The monoisotopic (exact) mass is 266 g/mol. The van der Waals surface area contributed by atoms with Crippen molar-refractivity contribution in [1.29, 1.82) is 0 Å². The maximum atomic E-state index is 11.6. The van der Waals surface area contributed by atoms with Crippen LogP contribution in [0.1, 0.15) is 30.1 Å². The van der Waals surface area contributed by atoms with E-state index in [-0.39, 0.29) is 12.0 Å². The third kappa shape index (κ3) is 3.35. The SMILES string of the molecule is C=CC(=O)OC(c1ccccc1)C(C)c1ccccc1. The van der Waals surface area contributed by atoms with E-state index < -0.39 is 5.97 Å². The Morgan fingerprint density at radius 2 is 1.50 bits per heavy atom. The first-order valence-corrected chi connectivity index (χ1v) is 6.65. The van der Waals surface area contributed by atoms with Crippen molar-refractivity contribution in [2.45, 2.75) is 18.9 Å². The second-order valence-corrected chi connectivity index (χ2v) is 4.67. The van der Waals surface area contributed by atoms with E-state index >= 15 is 0 Å².